The summed E-state index contributed by atoms with van der Waals surface area (Å²) < 4.78 is 12.9. The van der Waals surface area contributed by atoms with E-state index in [-0.39, 0.29) is 11.6 Å². The number of anilines is 1. The number of pyridine rings is 1. The van der Waals surface area contributed by atoms with Crippen LogP contribution in [0, 0.1) is 5.82 Å². The van der Waals surface area contributed by atoms with Crippen LogP contribution in [0.1, 0.15) is 16.1 Å². The number of carbonyl (C=O) groups excluding carboxylic acids is 1. The molecule has 2 aromatic carbocycles. The van der Waals surface area contributed by atoms with E-state index in [1.54, 1.807) is 18.2 Å². The van der Waals surface area contributed by atoms with Gasteiger partial charge in [0, 0.05) is 10.9 Å². The van der Waals surface area contributed by atoms with E-state index in [0.29, 0.717) is 22.5 Å². The van der Waals surface area contributed by atoms with Gasteiger partial charge >= 0.3 is 0 Å². The standard InChI is InChI=1S/C16H11FN2O/c17-12-7-4-11(5-8-12)16(20)14-9-6-10-2-1-3-13(18)15(10)19-14/h1-9H,18H2. The molecule has 3 aromatic rings. The number of para-hydroxylation sites is 1. The number of fused-ring (bicyclic) bond motifs is 1. The average Bonchev–Trinajstić information content (AvgIpc) is 2.47. The Kier molecular flexibility index (Phi) is 2.91. The molecule has 3 rings (SSSR count). The first-order valence-electron chi connectivity index (χ1n) is 6.11. The first-order valence-corrected chi connectivity index (χ1v) is 6.11. The number of rotatable bonds is 2. The van der Waals surface area contributed by atoms with E-state index in [0.717, 1.165) is 5.39 Å². The minimum Gasteiger partial charge on any atom is -0.397 e. The Labute approximate surface area is 114 Å². The summed E-state index contributed by atoms with van der Waals surface area (Å²) in [4.78, 5) is 16.6. The molecule has 1 heterocycles. The van der Waals surface area contributed by atoms with Crippen molar-refractivity contribution in [2.24, 2.45) is 0 Å². The van der Waals surface area contributed by atoms with Crippen molar-refractivity contribution in [1.29, 1.82) is 0 Å². The maximum atomic E-state index is 12.9. The second kappa shape index (κ2) is 4.74. The first kappa shape index (κ1) is 12.3. The lowest BCUT2D eigenvalue weighted by Gasteiger charge is -2.04. The predicted octanol–water partition coefficient (Wildman–Crippen LogP) is 3.19. The monoisotopic (exact) mass is 266 g/mol. The van der Waals surface area contributed by atoms with E-state index in [9.17, 15) is 9.18 Å². The molecular weight excluding hydrogens is 255 g/mol. The summed E-state index contributed by atoms with van der Waals surface area (Å²) in [5.41, 5.74) is 7.67. The van der Waals surface area contributed by atoms with E-state index in [1.165, 1.54) is 24.3 Å². The Balaban J connectivity index is 2.08. The number of nitrogen functional groups attached to an aromatic ring is 1. The quantitative estimate of drug-likeness (QED) is 0.572. The molecule has 98 valence electrons. The largest absolute Gasteiger partial charge is 0.397 e. The molecule has 0 amide bonds. The van der Waals surface area contributed by atoms with Crippen molar-refractivity contribution in [2.75, 3.05) is 5.73 Å². The van der Waals surface area contributed by atoms with Crippen LogP contribution < -0.4 is 5.73 Å². The Morgan fingerprint density at radius 3 is 2.50 bits per heavy atom. The number of carbonyl (C=O) groups is 1. The zero-order valence-electron chi connectivity index (χ0n) is 10.5. The van der Waals surface area contributed by atoms with Crippen LogP contribution in [0.25, 0.3) is 10.9 Å². The van der Waals surface area contributed by atoms with Gasteiger partial charge in [-0.05, 0) is 36.4 Å². The van der Waals surface area contributed by atoms with Gasteiger partial charge in [0.2, 0.25) is 5.78 Å². The molecule has 0 atom stereocenters. The Hall–Kier alpha value is -2.75. The maximum absolute atomic E-state index is 12.9. The Bertz CT molecular complexity index is 797. The SMILES string of the molecule is Nc1cccc2ccc(C(=O)c3ccc(F)cc3)nc12. The molecular formula is C16H11FN2O. The topological polar surface area (TPSA) is 56.0 Å². The normalized spacial score (nSPS) is 10.7. The van der Waals surface area contributed by atoms with Crippen LogP contribution in [-0.2, 0) is 0 Å². The molecule has 2 N–H and O–H groups in total. The number of hydrogen-bond acceptors (Lipinski definition) is 3. The summed E-state index contributed by atoms with van der Waals surface area (Å²) in [6, 6.07) is 14.3. The molecule has 20 heavy (non-hydrogen) atoms. The highest BCUT2D eigenvalue weighted by atomic mass is 19.1. The highest BCUT2D eigenvalue weighted by Gasteiger charge is 2.12. The molecule has 0 unspecified atom stereocenters. The third-order valence-electron chi connectivity index (χ3n) is 3.09. The van der Waals surface area contributed by atoms with E-state index in [1.807, 2.05) is 12.1 Å². The van der Waals surface area contributed by atoms with Crippen LogP contribution >= 0.6 is 0 Å². The Morgan fingerprint density at radius 2 is 1.75 bits per heavy atom. The number of halogens is 1. The third-order valence-corrected chi connectivity index (χ3v) is 3.09. The van der Waals surface area contributed by atoms with Gasteiger partial charge in [0.05, 0.1) is 11.2 Å². The minimum absolute atomic E-state index is 0.254. The average molecular weight is 266 g/mol. The lowest BCUT2D eigenvalue weighted by Crippen LogP contribution is -2.04. The third kappa shape index (κ3) is 2.12. The molecule has 0 saturated heterocycles. The summed E-state index contributed by atoms with van der Waals surface area (Å²) >= 11 is 0. The zero-order valence-corrected chi connectivity index (χ0v) is 10.5. The van der Waals surface area contributed by atoms with E-state index >= 15 is 0 Å². The molecule has 4 heteroatoms. The number of hydrogen-bond donors (Lipinski definition) is 1. The minimum atomic E-state index is -0.378. The fourth-order valence-corrected chi connectivity index (χ4v) is 2.05. The van der Waals surface area contributed by atoms with Gasteiger partial charge in [-0.2, -0.15) is 0 Å². The summed E-state index contributed by atoms with van der Waals surface area (Å²) in [5.74, 6) is -0.632. The molecule has 0 spiro atoms. The Morgan fingerprint density at radius 1 is 1.00 bits per heavy atom. The smallest absolute Gasteiger partial charge is 0.211 e. The van der Waals surface area contributed by atoms with Crippen molar-refractivity contribution in [3.8, 4) is 0 Å². The molecule has 0 radical (unpaired) electrons. The highest BCUT2D eigenvalue weighted by Crippen LogP contribution is 2.20. The number of ketones is 1. The number of aromatic nitrogens is 1. The molecule has 1 aromatic heterocycles. The number of nitrogens with zero attached hydrogens (tertiary/aromatic N) is 1. The van der Waals surface area contributed by atoms with E-state index in [4.69, 9.17) is 5.73 Å². The second-order valence-corrected chi connectivity index (χ2v) is 4.45. The number of benzene rings is 2. The summed E-state index contributed by atoms with van der Waals surface area (Å²) in [7, 11) is 0. The zero-order chi connectivity index (χ0) is 14.1. The van der Waals surface area contributed by atoms with Crippen molar-refractivity contribution >= 4 is 22.4 Å². The first-order chi connectivity index (χ1) is 9.65. The molecule has 3 nitrogen and oxygen atoms in total. The van der Waals surface area contributed by atoms with Gasteiger partial charge in [-0.25, -0.2) is 9.37 Å². The maximum Gasteiger partial charge on any atom is 0.211 e. The van der Waals surface area contributed by atoms with E-state index < -0.39 is 0 Å². The lowest BCUT2D eigenvalue weighted by atomic mass is 10.1. The van der Waals surface area contributed by atoms with Gasteiger partial charge < -0.3 is 5.73 Å². The van der Waals surface area contributed by atoms with Crippen molar-refractivity contribution in [3.05, 3.63) is 71.7 Å². The summed E-state index contributed by atoms with van der Waals surface area (Å²) in [6.07, 6.45) is 0. The lowest BCUT2D eigenvalue weighted by molar-refractivity contribution is 0.103. The van der Waals surface area contributed by atoms with Gasteiger partial charge in [-0.15, -0.1) is 0 Å². The van der Waals surface area contributed by atoms with Crippen molar-refractivity contribution in [2.45, 2.75) is 0 Å². The van der Waals surface area contributed by atoms with Crippen LogP contribution in [-0.4, -0.2) is 10.8 Å². The van der Waals surface area contributed by atoms with Crippen LogP contribution in [0.2, 0.25) is 0 Å². The van der Waals surface area contributed by atoms with E-state index in [2.05, 4.69) is 4.98 Å². The van der Waals surface area contributed by atoms with Crippen LogP contribution in [0.3, 0.4) is 0 Å². The van der Waals surface area contributed by atoms with Crippen molar-refractivity contribution in [3.63, 3.8) is 0 Å². The van der Waals surface area contributed by atoms with Crippen molar-refractivity contribution in [1.82, 2.24) is 4.98 Å². The number of nitrogens with two attached hydrogens (primary N) is 1. The van der Waals surface area contributed by atoms with Crippen LogP contribution in [0.15, 0.2) is 54.6 Å². The van der Waals surface area contributed by atoms with Gasteiger partial charge in [0.1, 0.15) is 11.5 Å². The fourth-order valence-electron chi connectivity index (χ4n) is 2.05. The van der Waals surface area contributed by atoms with Gasteiger partial charge in [0.15, 0.2) is 0 Å². The van der Waals surface area contributed by atoms with Gasteiger partial charge in [-0.1, -0.05) is 18.2 Å². The molecule has 0 aliphatic rings. The molecule has 0 bridgehead atoms. The predicted molar refractivity (Wildman–Crippen MR) is 76.0 cm³/mol. The van der Waals surface area contributed by atoms with Crippen molar-refractivity contribution < 1.29 is 9.18 Å². The van der Waals surface area contributed by atoms with Gasteiger partial charge in [-0.3, -0.25) is 4.79 Å². The molecule has 0 aliphatic heterocycles. The fraction of sp³-hybridized carbons (Fsp3) is 0. The summed E-state index contributed by atoms with van der Waals surface area (Å²) in [5, 5.41) is 0.876. The van der Waals surface area contributed by atoms with Crippen LogP contribution in [0.5, 0.6) is 0 Å². The summed E-state index contributed by atoms with van der Waals surface area (Å²) in [6.45, 7) is 0. The molecule has 0 aliphatic carbocycles. The van der Waals surface area contributed by atoms with Gasteiger partial charge in [0.25, 0.3) is 0 Å². The molecule has 0 fully saturated rings. The second-order valence-electron chi connectivity index (χ2n) is 4.45. The highest BCUT2D eigenvalue weighted by molar-refractivity contribution is 6.09. The van der Waals surface area contributed by atoms with Crippen LogP contribution in [0.4, 0.5) is 10.1 Å². The molecule has 0 saturated carbocycles.